The molecule has 21 heavy (non-hydrogen) atoms. The van der Waals surface area contributed by atoms with E-state index in [4.69, 9.17) is 6.42 Å². The molecular weight excluding hydrogens is 295 g/mol. The number of nitrogens with one attached hydrogen (secondary N) is 1. The molecule has 114 valence electrons. The van der Waals surface area contributed by atoms with E-state index in [1.807, 2.05) is 6.07 Å². The lowest BCUT2D eigenvalue weighted by molar-refractivity contribution is 0.438. The Bertz CT molecular complexity index is 662. The van der Waals surface area contributed by atoms with E-state index in [2.05, 4.69) is 20.3 Å². The van der Waals surface area contributed by atoms with Crippen molar-refractivity contribution in [3.63, 3.8) is 0 Å². The van der Waals surface area contributed by atoms with Gasteiger partial charge >= 0.3 is 10.5 Å². The summed E-state index contributed by atoms with van der Waals surface area (Å²) in [5.74, 6) is 2.50. The Morgan fingerprint density at radius 3 is 2.67 bits per heavy atom. The van der Waals surface area contributed by atoms with Crippen molar-refractivity contribution in [2.45, 2.75) is 13.3 Å². The van der Waals surface area contributed by atoms with Gasteiger partial charge in [-0.2, -0.15) is 8.42 Å². The summed E-state index contributed by atoms with van der Waals surface area (Å²) in [6.07, 6.45) is 5.66. The average Bonchev–Trinajstić information content (AvgIpc) is 2.43. The number of halogens is 1. The van der Waals surface area contributed by atoms with Gasteiger partial charge in [-0.1, -0.05) is 3.89 Å². The molecule has 0 unspecified atom stereocenters. The van der Waals surface area contributed by atoms with E-state index >= 15 is 0 Å². The highest BCUT2D eigenvalue weighted by atomic mass is 32.3. The zero-order valence-electron chi connectivity index (χ0n) is 11.7. The molecule has 0 atom stereocenters. The van der Waals surface area contributed by atoms with Gasteiger partial charge in [0.25, 0.3) is 0 Å². The molecule has 0 aromatic heterocycles. The fourth-order valence-electron chi connectivity index (χ4n) is 2.32. The number of rotatable bonds is 4. The van der Waals surface area contributed by atoms with Crippen molar-refractivity contribution in [1.29, 1.82) is 0 Å². The summed E-state index contributed by atoms with van der Waals surface area (Å²) in [5.41, 5.74) is 2.08. The molecule has 5 nitrogen and oxygen atoms in total. The van der Waals surface area contributed by atoms with Gasteiger partial charge in [-0.15, -0.1) is 12.3 Å². The standard InChI is InChI=1S/C14H17FN2O3S/c1-3-4-12-9-13(17-7-5-16-6-8-17)10-14(11(12)2)20-21(15,18)19/h1,9-10,16H,4-8H2,2H3. The van der Waals surface area contributed by atoms with E-state index in [-0.39, 0.29) is 5.75 Å². The monoisotopic (exact) mass is 312 g/mol. The molecule has 0 spiro atoms. The van der Waals surface area contributed by atoms with E-state index in [1.165, 1.54) is 6.07 Å². The Morgan fingerprint density at radius 2 is 2.10 bits per heavy atom. The Morgan fingerprint density at radius 1 is 1.43 bits per heavy atom. The normalized spacial score (nSPS) is 15.6. The zero-order chi connectivity index (χ0) is 15.5. The number of hydrogen-bond donors (Lipinski definition) is 1. The molecular formula is C14H17FN2O3S. The van der Waals surface area contributed by atoms with Crippen LogP contribution in [-0.4, -0.2) is 34.6 Å². The second-order valence-corrected chi connectivity index (χ2v) is 5.78. The van der Waals surface area contributed by atoms with Gasteiger partial charge in [0.05, 0.1) is 0 Å². The molecule has 7 heteroatoms. The van der Waals surface area contributed by atoms with Gasteiger partial charge in [0.15, 0.2) is 5.75 Å². The molecule has 1 aliphatic heterocycles. The number of nitrogens with zero attached hydrogens (tertiary/aromatic N) is 1. The molecule has 0 bridgehead atoms. The van der Waals surface area contributed by atoms with E-state index < -0.39 is 10.5 Å². The smallest absolute Gasteiger partial charge is 0.369 e. The lowest BCUT2D eigenvalue weighted by atomic mass is 10.0. The Hall–Kier alpha value is -1.78. The van der Waals surface area contributed by atoms with Gasteiger partial charge in [-0.05, 0) is 24.1 Å². The first kappa shape index (κ1) is 15.6. The molecule has 1 heterocycles. The van der Waals surface area contributed by atoms with Crippen molar-refractivity contribution in [2.75, 3.05) is 31.1 Å². The van der Waals surface area contributed by atoms with Gasteiger partial charge in [0, 0.05) is 44.4 Å². The Kier molecular flexibility index (Phi) is 4.70. The maximum absolute atomic E-state index is 12.8. The van der Waals surface area contributed by atoms with E-state index in [1.54, 1.807) is 6.92 Å². The van der Waals surface area contributed by atoms with Gasteiger partial charge in [-0.3, -0.25) is 0 Å². The lowest BCUT2D eigenvalue weighted by Crippen LogP contribution is -2.43. The van der Waals surface area contributed by atoms with Crippen LogP contribution in [0.1, 0.15) is 11.1 Å². The van der Waals surface area contributed by atoms with Crippen LogP contribution in [-0.2, 0) is 16.9 Å². The maximum atomic E-state index is 12.8. The van der Waals surface area contributed by atoms with Crippen LogP contribution < -0.4 is 14.4 Å². The molecule has 0 radical (unpaired) electrons. The third-order valence-electron chi connectivity index (χ3n) is 3.42. The van der Waals surface area contributed by atoms with Crippen LogP contribution in [0.3, 0.4) is 0 Å². The minimum Gasteiger partial charge on any atom is -0.369 e. The highest BCUT2D eigenvalue weighted by Gasteiger charge is 2.18. The SMILES string of the molecule is C#CCc1cc(N2CCNCC2)cc(OS(=O)(=O)F)c1C. The van der Waals surface area contributed by atoms with E-state index in [9.17, 15) is 12.3 Å². The molecule has 1 aromatic rings. The predicted octanol–water partition coefficient (Wildman–Crippen LogP) is 1.17. The largest absolute Gasteiger partial charge is 0.488 e. The van der Waals surface area contributed by atoms with E-state index in [0.29, 0.717) is 12.0 Å². The summed E-state index contributed by atoms with van der Waals surface area (Å²) in [4.78, 5) is 2.08. The van der Waals surface area contributed by atoms with Gasteiger partial charge in [-0.25, -0.2) is 0 Å². The van der Waals surface area contributed by atoms with Crippen LogP contribution in [0.5, 0.6) is 5.75 Å². The van der Waals surface area contributed by atoms with Crippen LogP contribution in [0.2, 0.25) is 0 Å². The highest BCUT2D eigenvalue weighted by Crippen LogP contribution is 2.30. The van der Waals surface area contributed by atoms with Crippen molar-refractivity contribution in [3.8, 4) is 18.1 Å². The third-order valence-corrected chi connectivity index (χ3v) is 3.79. The second-order valence-electron chi connectivity index (χ2n) is 4.82. The minimum atomic E-state index is -5.06. The summed E-state index contributed by atoms with van der Waals surface area (Å²) in [6, 6.07) is 3.44. The molecule has 1 saturated heterocycles. The molecule has 1 N–H and O–H groups in total. The van der Waals surface area contributed by atoms with Crippen molar-refractivity contribution < 1.29 is 16.5 Å². The van der Waals surface area contributed by atoms with Crippen LogP contribution >= 0.6 is 0 Å². The van der Waals surface area contributed by atoms with E-state index in [0.717, 1.165) is 37.4 Å². The third kappa shape index (κ3) is 4.09. The van der Waals surface area contributed by atoms with Gasteiger partial charge < -0.3 is 14.4 Å². The molecule has 2 rings (SSSR count). The number of piperazine rings is 1. The highest BCUT2D eigenvalue weighted by molar-refractivity contribution is 7.81. The van der Waals surface area contributed by atoms with Crippen molar-refractivity contribution in [1.82, 2.24) is 5.32 Å². The first-order valence-corrected chi connectivity index (χ1v) is 7.88. The molecule has 0 amide bonds. The zero-order valence-corrected chi connectivity index (χ0v) is 12.5. The van der Waals surface area contributed by atoms with Crippen LogP contribution in [0.25, 0.3) is 0 Å². The van der Waals surface area contributed by atoms with Crippen molar-refractivity contribution >= 4 is 16.2 Å². The summed E-state index contributed by atoms with van der Waals surface area (Å²) in [7, 11) is -5.06. The number of benzene rings is 1. The first-order chi connectivity index (χ1) is 9.90. The first-order valence-electron chi connectivity index (χ1n) is 6.57. The number of anilines is 1. The van der Waals surface area contributed by atoms with Crippen LogP contribution in [0.15, 0.2) is 12.1 Å². The molecule has 0 saturated carbocycles. The molecule has 0 aliphatic carbocycles. The molecule has 1 fully saturated rings. The summed E-state index contributed by atoms with van der Waals surface area (Å²) < 4.78 is 38.8. The van der Waals surface area contributed by atoms with Gasteiger partial charge in [0.2, 0.25) is 0 Å². The topological polar surface area (TPSA) is 58.6 Å². The number of terminal acetylenes is 1. The number of hydrogen-bond acceptors (Lipinski definition) is 5. The Labute approximate surface area is 124 Å². The van der Waals surface area contributed by atoms with Crippen LogP contribution in [0, 0.1) is 19.3 Å². The quantitative estimate of drug-likeness (QED) is 0.668. The molecule has 1 aromatic carbocycles. The summed E-state index contributed by atoms with van der Waals surface area (Å²) in [6.45, 7) is 4.88. The second kappa shape index (κ2) is 6.33. The predicted molar refractivity (Wildman–Crippen MR) is 79.5 cm³/mol. The maximum Gasteiger partial charge on any atom is 0.488 e. The fraction of sp³-hybridized carbons (Fsp3) is 0.429. The van der Waals surface area contributed by atoms with Crippen molar-refractivity contribution in [3.05, 3.63) is 23.3 Å². The lowest BCUT2D eigenvalue weighted by Gasteiger charge is -2.30. The average molecular weight is 312 g/mol. The minimum absolute atomic E-state index is 0.0150. The fourth-order valence-corrected chi connectivity index (χ4v) is 2.71. The summed E-state index contributed by atoms with van der Waals surface area (Å²) in [5, 5.41) is 3.23. The van der Waals surface area contributed by atoms with Crippen LogP contribution in [0.4, 0.5) is 9.57 Å². The van der Waals surface area contributed by atoms with Gasteiger partial charge in [0.1, 0.15) is 0 Å². The molecule has 1 aliphatic rings. The Balaban J connectivity index is 2.43. The van der Waals surface area contributed by atoms with Crippen molar-refractivity contribution in [2.24, 2.45) is 0 Å². The summed E-state index contributed by atoms with van der Waals surface area (Å²) >= 11 is 0.